The van der Waals surface area contributed by atoms with Gasteiger partial charge in [-0.15, -0.1) is 0 Å². The number of ether oxygens (including phenoxy) is 2. The molecule has 10 nitrogen and oxygen atoms in total. The van der Waals surface area contributed by atoms with E-state index in [0.717, 1.165) is 119 Å². The van der Waals surface area contributed by atoms with Crippen molar-refractivity contribution >= 4 is 35.1 Å². The molecule has 0 radical (unpaired) electrons. The molecule has 11 rings (SSSR count). The lowest BCUT2D eigenvalue weighted by Gasteiger charge is -2.69. The fourth-order valence-corrected chi connectivity index (χ4v) is 22.2. The third-order valence-electron chi connectivity index (χ3n) is 27.4. The third-order valence-corrected chi connectivity index (χ3v) is 27.4. The van der Waals surface area contributed by atoms with Gasteiger partial charge in [-0.1, -0.05) is 173 Å². The van der Waals surface area contributed by atoms with Crippen LogP contribution in [0.25, 0.3) is 9.69 Å². The van der Waals surface area contributed by atoms with E-state index < -0.39 is 27.3 Å². The standard InChI is InChI=1S/C40H51NO4.C37H53NO4.3CH4/c1-35(2)18-20-40(17-15-32(43)45-25-26-12-10-9-11-13-26)21-19-39(7)33(27(40)23-35)29(42)22-31-37(5)24-28(41-8)34(44)36(3,4)30(37)14-16-38(31,39)6;1-31(2,3)42-28(40)13-15-37-18-16-32(4,5)21-23(37)29-25(39)20-27-34(8)22-24(38-11)30(41)33(6,7)26(34)12-14-35(27,9)36(29,10)17-19-37;;;/h9-13,22,24,27,30,33H,14-21,23,25H2,1-7H3;20,22-23,26,29H,12-19,21H2,1-10H3;3*1H4/t27-,30-,33-,37-,38+,39+,40+;23-,26-,29-,34-,35+,36+,37+;;;/m00.../s1. The number of carbonyl (C=O) groups excluding carboxylic acids is 6. The third kappa shape index (κ3) is 11.2. The number of Topliss-reactive ketones (excluding diaryl/α,β-unsaturated/α-hetero) is 2. The van der Waals surface area contributed by atoms with Crippen LogP contribution < -0.4 is 0 Å². The summed E-state index contributed by atoms with van der Waals surface area (Å²) in [6.07, 6.45) is 24.0. The molecule has 0 bridgehead atoms. The summed E-state index contributed by atoms with van der Waals surface area (Å²) in [6.45, 7) is 52.9. The van der Waals surface area contributed by atoms with Crippen molar-refractivity contribution in [2.45, 2.75) is 268 Å². The Labute approximate surface area is 544 Å². The van der Waals surface area contributed by atoms with E-state index in [4.69, 9.17) is 22.6 Å². The second kappa shape index (κ2) is 23.7. The molecule has 10 aliphatic rings. The zero-order valence-corrected chi connectivity index (χ0v) is 56.3. The van der Waals surface area contributed by atoms with Crippen LogP contribution in [0.2, 0.25) is 0 Å². The molecule has 0 aromatic heterocycles. The number of hydrogen-bond donors (Lipinski definition) is 0. The van der Waals surface area contributed by atoms with Crippen LogP contribution >= 0.6 is 0 Å². The number of esters is 2. The maximum Gasteiger partial charge on any atom is 0.306 e. The predicted molar refractivity (Wildman–Crippen MR) is 361 cm³/mol. The van der Waals surface area contributed by atoms with Gasteiger partial charge in [-0.25, -0.2) is 9.69 Å². The first kappa shape index (κ1) is 72.2. The molecule has 0 amide bonds. The van der Waals surface area contributed by atoms with Crippen LogP contribution in [0.1, 0.15) is 261 Å². The zero-order valence-electron chi connectivity index (χ0n) is 56.3. The van der Waals surface area contributed by atoms with Gasteiger partial charge in [-0.05, 0) is 208 Å². The summed E-state index contributed by atoms with van der Waals surface area (Å²) < 4.78 is 11.4. The summed E-state index contributed by atoms with van der Waals surface area (Å²) in [6, 6.07) is 9.82. The van der Waals surface area contributed by atoms with E-state index in [0.29, 0.717) is 19.4 Å². The van der Waals surface area contributed by atoms with E-state index >= 15 is 0 Å². The monoisotopic (exact) mass is 1230 g/mol. The van der Waals surface area contributed by atoms with Crippen molar-refractivity contribution < 1.29 is 38.2 Å². The molecule has 10 aliphatic carbocycles. The van der Waals surface area contributed by atoms with Gasteiger partial charge in [0.25, 0.3) is 0 Å². The zero-order chi connectivity index (χ0) is 63.9. The molecule has 0 unspecified atom stereocenters. The van der Waals surface area contributed by atoms with Crippen LogP contribution in [-0.2, 0) is 44.8 Å². The van der Waals surface area contributed by atoms with E-state index in [9.17, 15) is 28.8 Å². The Morgan fingerprint density at radius 1 is 0.533 bits per heavy atom. The number of ketones is 4. The molecule has 0 aliphatic heterocycles. The molecule has 90 heavy (non-hydrogen) atoms. The highest BCUT2D eigenvalue weighted by atomic mass is 16.6. The van der Waals surface area contributed by atoms with Crippen molar-refractivity contribution in [3.8, 4) is 0 Å². The van der Waals surface area contributed by atoms with Gasteiger partial charge in [-0.3, -0.25) is 19.2 Å². The van der Waals surface area contributed by atoms with Crippen molar-refractivity contribution in [3.63, 3.8) is 0 Å². The van der Waals surface area contributed by atoms with Crippen molar-refractivity contribution in [2.24, 2.45) is 100 Å². The largest absolute Gasteiger partial charge is 0.461 e. The summed E-state index contributed by atoms with van der Waals surface area (Å²) >= 11 is 0. The molecule has 1 aromatic carbocycles. The van der Waals surface area contributed by atoms with E-state index in [-0.39, 0.29) is 148 Å². The summed E-state index contributed by atoms with van der Waals surface area (Å²) in [4.78, 5) is 89.3. The molecule has 6 saturated carbocycles. The van der Waals surface area contributed by atoms with Gasteiger partial charge in [0.05, 0.1) is 13.1 Å². The highest BCUT2D eigenvalue weighted by molar-refractivity contribution is 6.04. The van der Waals surface area contributed by atoms with Crippen LogP contribution in [-0.4, -0.2) is 40.7 Å². The minimum Gasteiger partial charge on any atom is -0.461 e. The number of nitrogens with zero attached hydrogens (tertiary/aromatic N) is 2. The number of carbonyl (C=O) groups is 6. The second-order valence-electron chi connectivity index (χ2n) is 34.9. The number of allylic oxidation sites excluding steroid dienone is 8. The van der Waals surface area contributed by atoms with E-state index in [1.165, 1.54) is 0 Å². The molecular formula is C80H116N2O8. The topological polar surface area (TPSA) is 130 Å². The lowest BCUT2D eigenvalue weighted by Crippen LogP contribution is -2.64. The Hall–Kier alpha value is -5.22. The summed E-state index contributed by atoms with van der Waals surface area (Å²) in [5.74, 6) is 0.343. The van der Waals surface area contributed by atoms with Crippen molar-refractivity contribution in [1.29, 1.82) is 0 Å². The average molecular weight is 1230 g/mol. The summed E-state index contributed by atoms with van der Waals surface area (Å²) in [5.41, 5.74) is 0.178. The van der Waals surface area contributed by atoms with Crippen molar-refractivity contribution in [2.75, 3.05) is 0 Å². The minimum atomic E-state index is -0.656. The van der Waals surface area contributed by atoms with E-state index in [2.05, 4.69) is 78.9 Å². The SMILES string of the molecule is C.C.C.[C-]#[N+]C1=C[C@]2(C)C3=CC(=O)[C@@H]4[C@@H]5CC(C)(C)CC[C@]5(CCC(=O)OC(C)(C)C)CC[C@@]4(C)[C@]3(C)CC[C@H]2C(C)(C)C1=O.[C-]#[N+]C1=C[C@]2(C)C3=CC(=O)[C@@H]4[C@@H]5CC(C)(C)CC[C@]5(CCC(=O)OCc5ccccc5)CC[C@@]4(C)[C@]3(C)CC[C@H]2C(C)(C)C1=O. The van der Waals surface area contributed by atoms with Crippen LogP contribution in [0, 0.1) is 114 Å². The average Bonchev–Trinajstić information content (AvgIpc) is 0.680. The van der Waals surface area contributed by atoms with Crippen LogP contribution in [0.5, 0.6) is 0 Å². The molecule has 14 atom stereocenters. The first-order chi connectivity index (χ1) is 40.2. The number of rotatable bonds is 8. The first-order valence-electron chi connectivity index (χ1n) is 33.4. The summed E-state index contributed by atoms with van der Waals surface area (Å²) in [7, 11) is 0. The van der Waals surface area contributed by atoms with Crippen LogP contribution in [0.15, 0.2) is 77.2 Å². The van der Waals surface area contributed by atoms with E-state index in [1.807, 2.05) is 103 Å². The Morgan fingerprint density at radius 2 is 0.911 bits per heavy atom. The Kier molecular flexibility index (Phi) is 19.0. The molecule has 0 heterocycles. The molecule has 494 valence electrons. The molecule has 0 spiro atoms. The van der Waals surface area contributed by atoms with E-state index in [1.54, 1.807) is 0 Å². The highest BCUT2D eigenvalue weighted by Gasteiger charge is 2.72. The molecule has 1 aromatic rings. The normalized spacial score (nSPS) is 39.4. The van der Waals surface area contributed by atoms with Crippen LogP contribution in [0.4, 0.5) is 0 Å². The lowest BCUT2D eigenvalue weighted by molar-refractivity contribution is -0.175. The maximum atomic E-state index is 14.7. The maximum absolute atomic E-state index is 14.7. The van der Waals surface area contributed by atoms with Gasteiger partial charge in [0.15, 0.2) is 23.1 Å². The highest BCUT2D eigenvalue weighted by Crippen LogP contribution is 2.77. The Balaban J connectivity index is 0.000000248. The van der Waals surface area contributed by atoms with Gasteiger partial charge >= 0.3 is 11.9 Å². The first-order valence-corrected chi connectivity index (χ1v) is 33.4. The predicted octanol–water partition coefficient (Wildman–Crippen LogP) is 19.7. The van der Waals surface area contributed by atoms with Gasteiger partial charge in [0.2, 0.25) is 11.4 Å². The fraction of sp³-hybridized carbons (Fsp3) is 0.725. The van der Waals surface area contributed by atoms with Crippen molar-refractivity contribution in [1.82, 2.24) is 0 Å². The van der Waals surface area contributed by atoms with Gasteiger partial charge < -0.3 is 19.1 Å². The molecule has 0 N–H and O–H groups in total. The quantitative estimate of drug-likeness (QED) is 0.186. The van der Waals surface area contributed by atoms with Gasteiger partial charge in [-0.2, -0.15) is 0 Å². The minimum absolute atomic E-state index is 0. The Bertz CT molecular complexity index is 3280. The summed E-state index contributed by atoms with van der Waals surface area (Å²) in [5, 5.41) is 0. The number of hydrogen-bond acceptors (Lipinski definition) is 8. The number of fused-ring (bicyclic) bond motifs is 14. The lowest BCUT2D eigenvalue weighted by atomic mass is 9.34. The molecule has 0 saturated heterocycles. The molecular weight excluding hydrogens is 1120 g/mol. The Morgan fingerprint density at radius 3 is 1.29 bits per heavy atom. The smallest absolute Gasteiger partial charge is 0.306 e. The van der Waals surface area contributed by atoms with Crippen LogP contribution in [0.3, 0.4) is 0 Å². The van der Waals surface area contributed by atoms with Crippen molar-refractivity contribution in [3.05, 3.63) is 106 Å². The fourth-order valence-electron chi connectivity index (χ4n) is 22.2. The molecule has 10 heteroatoms. The molecule has 6 fully saturated rings. The van der Waals surface area contributed by atoms with Gasteiger partial charge in [0, 0.05) is 46.3 Å². The van der Waals surface area contributed by atoms with Gasteiger partial charge in [0.1, 0.15) is 12.2 Å². The second-order valence-corrected chi connectivity index (χ2v) is 34.9. The number of benzene rings is 1.